The molecule has 0 aromatic carbocycles. The summed E-state index contributed by atoms with van der Waals surface area (Å²) in [6.45, 7) is 10.0. The van der Waals surface area contributed by atoms with E-state index in [9.17, 15) is 5.11 Å². The highest BCUT2D eigenvalue weighted by Gasteiger charge is 2.62. The zero-order valence-electron chi connectivity index (χ0n) is 15.1. The van der Waals surface area contributed by atoms with E-state index in [-0.39, 0.29) is 17.7 Å². The largest absolute Gasteiger partial charge is 0.475 e. The van der Waals surface area contributed by atoms with Gasteiger partial charge in [0.2, 0.25) is 11.7 Å². The first kappa shape index (κ1) is 16.9. The molecule has 0 radical (unpaired) electrons. The molecule has 7 nitrogen and oxygen atoms in total. The van der Waals surface area contributed by atoms with Gasteiger partial charge in [-0.05, 0) is 46.8 Å². The van der Waals surface area contributed by atoms with Crippen LogP contribution >= 0.6 is 0 Å². The first-order chi connectivity index (χ1) is 11.6. The molecule has 0 amide bonds. The second-order valence-electron chi connectivity index (χ2n) is 7.99. The number of hydrogen-bond donors (Lipinski definition) is 1. The number of hydrogen-bond acceptors (Lipinski definition) is 7. The Balaban J connectivity index is 1.69. The van der Waals surface area contributed by atoms with Gasteiger partial charge >= 0.3 is 0 Å². The molecule has 1 aromatic rings. The second-order valence-corrected chi connectivity index (χ2v) is 7.99. The minimum absolute atomic E-state index is 0.258. The molecule has 136 valence electrons. The van der Waals surface area contributed by atoms with Gasteiger partial charge in [-0.15, -0.1) is 0 Å². The van der Waals surface area contributed by atoms with Gasteiger partial charge in [0, 0.05) is 11.8 Å². The summed E-state index contributed by atoms with van der Waals surface area (Å²) >= 11 is 0. The van der Waals surface area contributed by atoms with Gasteiger partial charge in [0.15, 0.2) is 5.79 Å². The normalized spacial score (nSPS) is 38.3. The first-order valence-corrected chi connectivity index (χ1v) is 8.55. The Morgan fingerprint density at radius 2 is 1.92 bits per heavy atom. The summed E-state index contributed by atoms with van der Waals surface area (Å²) in [5, 5.41) is 11.2. The Bertz CT molecular complexity index is 732. The minimum atomic E-state index is -1.68. The van der Waals surface area contributed by atoms with Crippen LogP contribution in [-0.4, -0.2) is 52.2 Å². The molecule has 4 rings (SSSR count). The van der Waals surface area contributed by atoms with Crippen molar-refractivity contribution in [2.75, 3.05) is 6.61 Å². The lowest BCUT2D eigenvalue weighted by Gasteiger charge is -2.29. The second kappa shape index (κ2) is 5.23. The molecule has 0 unspecified atom stereocenters. The predicted octanol–water partition coefficient (Wildman–Crippen LogP) is 1.72. The summed E-state index contributed by atoms with van der Waals surface area (Å²) in [5.41, 5.74) is 0.856. The van der Waals surface area contributed by atoms with Gasteiger partial charge < -0.3 is 24.1 Å². The monoisotopic (exact) mass is 348 g/mol. The highest BCUT2D eigenvalue weighted by molar-refractivity contribution is 5.95. The average Bonchev–Trinajstić information content (AvgIpc) is 3.12. The Kier molecular flexibility index (Phi) is 3.54. The molecule has 1 N–H and O–H groups in total. The number of fused-ring (bicyclic) bond motifs is 1. The maximum absolute atomic E-state index is 11.2. The van der Waals surface area contributed by atoms with Crippen LogP contribution in [0.15, 0.2) is 23.3 Å². The number of nitrogens with zero attached hydrogens (tertiary/aromatic N) is 2. The molecule has 25 heavy (non-hydrogen) atoms. The van der Waals surface area contributed by atoms with Crippen molar-refractivity contribution in [2.24, 2.45) is 4.99 Å². The van der Waals surface area contributed by atoms with E-state index in [1.54, 1.807) is 18.3 Å². The summed E-state index contributed by atoms with van der Waals surface area (Å²) in [6, 6.07) is 3.54. The maximum atomic E-state index is 11.2. The lowest BCUT2D eigenvalue weighted by Crippen LogP contribution is -2.41. The molecule has 4 atom stereocenters. The summed E-state index contributed by atoms with van der Waals surface area (Å²) in [6.07, 6.45) is 0.288. The lowest BCUT2D eigenvalue weighted by molar-refractivity contribution is -0.280. The summed E-state index contributed by atoms with van der Waals surface area (Å²) in [4.78, 5) is 8.90. The third-order valence-corrected chi connectivity index (χ3v) is 4.68. The summed E-state index contributed by atoms with van der Waals surface area (Å²) in [7, 11) is 0. The van der Waals surface area contributed by atoms with Crippen LogP contribution in [0.1, 0.15) is 45.9 Å². The van der Waals surface area contributed by atoms with Gasteiger partial charge in [0.25, 0.3) is 0 Å². The van der Waals surface area contributed by atoms with Crippen LogP contribution in [-0.2, 0) is 24.7 Å². The fourth-order valence-electron chi connectivity index (χ4n) is 3.55. The highest BCUT2D eigenvalue weighted by atomic mass is 16.8. The van der Waals surface area contributed by atoms with Crippen LogP contribution in [0.3, 0.4) is 0 Å². The molecule has 3 aliphatic heterocycles. The fourth-order valence-corrected chi connectivity index (χ4v) is 3.55. The number of aromatic nitrogens is 1. The SMILES string of the molecule is C[C@H]1O[C@@](O)(c2cc(C3=NC(C)(C)CO3)ccn2)[C@@H]2OC(C)(C)O[C@@H]21. The van der Waals surface area contributed by atoms with E-state index in [1.165, 1.54) is 0 Å². The van der Waals surface area contributed by atoms with Crippen molar-refractivity contribution in [1.29, 1.82) is 0 Å². The van der Waals surface area contributed by atoms with Crippen molar-refractivity contribution in [3.8, 4) is 0 Å². The number of aliphatic hydroxyl groups is 1. The number of aliphatic imine (C=N–C) groups is 1. The van der Waals surface area contributed by atoms with E-state index >= 15 is 0 Å². The van der Waals surface area contributed by atoms with E-state index in [4.69, 9.17) is 18.9 Å². The Labute approximate surface area is 147 Å². The molecule has 2 fully saturated rings. The smallest absolute Gasteiger partial charge is 0.240 e. The maximum Gasteiger partial charge on any atom is 0.240 e. The van der Waals surface area contributed by atoms with E-state index in [1.807, 2.05) is 34.6 Å². The predicted molar refractivity (Wildman–Crippen MR) is 89.1 cm³/mol. The number of ether oxygens (including phenoxy) is 4. The zero-order chi connectivity index (χ0) is 18.0. The van der Waals surface area contributed by atoms with Crippen molar-refractivity contribution in [2.45, 2.75) is 70.0 Å². The van der Waals surface area contributed by atoms with Gasteiger partial charge in [-0.25, -0.2) is 4.99 Å². The summed E-state index contributed by atoms with van der Waals surface area (Å²) in [5.74, 6) is -1.91. The lowest BCUT2D eigenvalue weighted by atomic mass is 10.0. The fraction of sp³-hybridized carbons (Fsp3) is 0.667. The number of rotatable bonds is 2. The van der Waals surface area contributed by atoms with Gasteiger partial charge in [0.05, 0.1) is 11.6 Å². The van der Waals surface area contributed by atoms with E-state index in [0.717, 1.165) is 5.56 Å². The van der Waals surface area contributed by atoms with Gasteiger partial charge in [-0.2, -0.15) is 0 Å². The topological polar surface area (TPSA) is 82.4 Å². The van der Waals surface area contributed by atoms with Crippen LogP contribution in [0.25, 0.3) is 0 Å². The van der Waals surface area contributed by atoms with Crippen LogP contribution < -0.4 is 0 Å². The average molecular weight is 348 g/mol. The summed E-state index contributed by atoms with van der Waals surface area (Å²) < 4.78 is 23.3. The third-order valence-electron chi connectivity index (χ3n) is 4.68. The van der Waals surface area contributed by atoms with E-state index in [0.29, 0.717) is 18.2 Å². The molecule has 3 aliphatic rings. The molecular weight excluding hydrogens is 324 g/mol. The third kappa shape index (κ3) is 2.75. The zero-order valence-corrected chi connectivity index (χ0v) is 15.1. The van der Waals surface area contributed by atoms with Gasteiger partial charge in [-0.1, -0.05) is 0 Å². The van der Waals surface area contributed by atoms with Crippen molar-refractivity contribution >= 4 is 5.90 Å². The molecule has 4 heterocycles. The van der Waals surface area contributed by atoms with Crippen molar-refractivity contribution in [1.82, 2.24) is 4.98 Å². The van der Waals surface area contributed by atoms with Crippen molar-refractivity contribution < 1.29 is 24.1 Å². The number of pyridine rings is 1. The Hall–Kier alpha value is -1.54. The highest BCUT2D eigenvalue weighted by Crippen LogP contribution is 2.47. The molecule has 0 aliphatic carbocycles. The van der Waals surface area contributed by atoms with Gasteiger partial charge in [-0.3, -0.25) is 4.98 Å². The van der Waals surface area contributed by atoms with Gasteiger partial charge in [0.1, 0.15) is 24.5 Å². The van der Waals surface area contributed by atoms with Crippen LogP contribution in [0, 0.1) is 0 Å². The quantitative estimate of drug-likeness (QED) is 0.876. The Morgan fingerprint density at radius 3 is 2.60 bits per heavy atom. The molecular formula is C18H24N2O5. The Morgan fingerprint density at radius 1 is 1.16 bits per heavy atom. The van der Waals surface area contributed by atoms with Crippen LogP contribution in [0.2, 0.25) is 0 Å². The van der Waals surface area contributed by atoms with E-state index in [2.05, 4.69) is 9.98 Å². The molecule has 0 spiro atoms. The van der Waals surface area contributed by atoms with Crippen molar-refractivity contribution in [3.63, 3.8) is 0 Å². The molecule has 0 bridgehead atoms. The first-order valence-electron chi connectivity index (χ1n) is 8.55. The molecule has 0 saturated carbocycles. The van der Waals surface area contributed by atoms with Crippen molar-refractivity contribution in [3.05, 3.63) is 29.6 Å². The molecule has 7 heteroatoms. The molecule has 2 saturated heterocycles. The minimum Gasteiger partial charge on any atom is -0.475 e. The molecule has 1 aromatic heterocycles. The van der Waals surface area contributed by atoms with Crippen LogP contribution in [0.4, 0.5) is 0 Å². The van der Waals surface area contributed by atoms with Crippen LogP contribution in [0.5, 0.6) is 0 Å². The van der Waals surface area contributed by atoms with E-state index < -0.39 is 17.7 Å². The standard InChI is InChI=1S/C18H24N2O5/c1-10-13-14(25-17(4,5)24-13)18(21,23-10)12-8-11(6-7-19-12)15-20-16(2,3)9-22-15/h6-8,10,13-14,21H,9H2,1-5H3/t10-,13-,14-,18+/m1/s1.